The number of fused-ring (bicyclic) bond motifs is 4. The highest BCUT2D eigenvalue weighted by Crippen LogP contribution is 2.43. The molecule has 1 aliphatic heterocycles. The Hall–Kier alpha value is -4.20. The van der Waals surface area contributed by atoms with Crippen molar-refractivity contribution < 1.29 is 19.6 Å². The average Bonchev–Trinajstić information content (AvgIpc) is 3.12. The molecule has 1 aliphatic carbocycles. The highest BCUT2D eigenvalue weighted by molar-refractivity contribution is 6.21. The van der Waals surface area contributed by atoms with Crippen molar-refractivity contribution in [1.82, 2.24) is 9.13 Å². The highest BCUT2D eigenvalue weighted by atomic mass is 16.5. The van der Waals surface area contributed by atoms with Gasteiger partial charge in [-0.1, -0.05) is 37.3 Å². The fourth-order valence-electron chi connectivity index (χ4n) is 4.54. The van der Waals surface area contributed by atoms with Gasteiger partial charge in [0, 0.05) is 24.6 Å². The van der Waals surface area contributed by atoms with Crippen molar-refractivity contribution in [3.8, 4) is 5.75 Å². The third kappa shape index (κ3) is 2.98. The van der Waals surface area contributed by atoms with Gasteiger partial charge in [-0.2, -0.15) is 4.57 Å². The van der Waals surface area contributed by atoms with Crippen LogP contribution in [0.2, 0.25) is 0 Å². The molecule has 2 heterocycles. The van der Waals surface area contributed by atoms with Gasteiger partial charge in [0.25, 0.3) is 11.4 Å². The fourth-order valence-corrected chi connectivity index (χ4v) is 4.54. The summed E-state index contributed by atoms with van der Waals surface area (Å²) in [6.07, 6.45) is 0.255. The minimum absolute atomic E-state index is 0.0844. The summed E-state index contributed by atoms with van der Waals surface area (Å²) in [6, 6.07) is 14.3. The van der Waals surface area contributed by atoms with Crippen LogP contribution in [0.5, 0.6) is 5.75 Å². The first-order chi connectivity index (χ1) is 15.8. The first kappa shape index (κ1) is 20.7. The van der Waals surface area contributed by atoms with Crippen molar-refractivity contribution in [2.24, 2.45) is 14.1 Å². The Morgan fingerprint density at radius 3 is 2.36 bits per heavy atom. The van der Waals surface area contributed by atoms with Crippen LogP contribution in [0.15, 0.2) is 63.7 Å². The van der Waals surface area contributed by atoms with Crippen LogP contribution in [-0.4, -0.2) is 25.9 Å². The van der Waals surface area contributed by atoms with Crippen molar-refractivity contribution in [3.05, 3.63) is 97.2 Å². The Balaban J connectivity index is 1.79. The molecule has 0 amide bonds. The van der Waals surface area contributed by atoms with Gasteiger partial charge in [-0.15, -0.1) is 0 Å². The number of benzene rings is 2. The lowest BCUT2D eigenvalue weighted by molar-refractivity contribution is -0.364. The predicted octanol–water partition coefficient (Wildman–Crippen LogP) is 1.03. The molecule has 8 nitrogen and oxygen atoms in total. The van der Waals surface area contributed by atoms with E-state index in [1.807, 2.05) is 24.3 Å². The summed E-state index contributed by atoms with van der Waals surface area (Å²) in [5, 5.41) is 11.2. The third-order valence-electron chi connectivity index (χ3n) is 6.23. The molecule has 166 valence electrons. The monoisotopic (exact) mass is 444 g/mol. The Bertz CT molecular complexity index is 1510. The van der Waals surface area contributed by atoms with Crippen LogP contribution in [0.3, 0.4) is 0 Å². The second kappa shape index (κ2) is 7.44. The van der Waals surface area contributed by atoms with Crippen molar-refractivity contribution in [2.45, 2.75) is 19.3 Å². The molecule has 2 N–H and O–H groups in total. The number of carbonyl (C=O) groups is 1. The number of aliphatic hydroxyl groups excluding tert-OH is 1. The van der Waals surface area contributed by atoms with E-state index < -0.39 is 17.2 Å². The molecule has 33 heavy (non-hydrogen) atoms. The zero-order chi connectivity index (χ0) is 23.4. The zero-order valence-electron chi connectivity index (χ0n) is 18.4. The van der Waals surface area contributed by atoms with E-state index in [1.165, 1.54) is 11.6 Å². The molecule has 1 atom stereocenters. The summed E-state index contributed by atoms with van der Waals surface area (Å²) in [7, 11) is 3.04. The molecule has 1 aromatic heterocycles. The molecule has 2 aromatic carbocycles. The Kier molecular flexibility index (Phi) is 4.67. The smallest absolute Gasteiger partial charge is 0.417 e. The van der Waals surface area contributed by atoms with Gasteiger partial charge in [0.05, 0.1) is 18.5 Å². The quantitative estimate of drug-likeness (QED) is 0.464. The van der Waals surface area contributed by atoms with Gasteiger partial charge in [-0.25, -0.2) is 14.4 Å². The number of allylic oxidation sites excluding steroid dienone is 1. The maximum absolute atomic E-state index is 13.3. The van der Waals surface area contributed by atoms with Crippen LogP contribution >= 0.6 is 0 Å². The molecule has 3 aromatic rings. The van der Waals surface area contributed by atoms with Crippen molar-refractivity contribution in [3.63, 3.8) is 0 Å². The number of hydrogen-bond donors (Lipinski definition) is 2. The first-order valence-corrected chi connectivity index (χ1v) is 10.6. The van der Waals surface area contributed by atoms with Gasteiger partial charge in [0.1, 0.15) is 22.8 Å². The van der Waals surface area contributed by atoms with E-state index in [0.29, 0.717) is 34.0 Å². The molecular weight excluding hydrogens is 422 g/mol. The summed E-state index contributed by atoms with van der Waals surface area (Å²) < 4.78 is 7.75. The van der Waals surface area contributed by atoms with Crippen LogP contribution in [0.4, 0.5) is 5.82 Å². The molecule has 1 unspecified atom stereocenters. The molecule has 0 saturated heterocycles. The lowest BCUT2D eigenvalue weighted by Gasteiger charge is -2.24. The van der Waals surface area contributed by atoms with E-state index in [2.05, 4.69) is 4.99 Å². The summed E-state index contributed by atoms with van der Waals surface area (Å²) in [5.74, 6) is -0.115. The number of ether oxygens (including phenoxy) is 1. The van der Waals surface area contributed by atoms with E-state index in [0.717, 1.165) is 15.7 Å². The second-order valence-corrected chi connectivity index (χ2v) is 8.11. The number of hydrogen-bond acceptors (Lipinski definition) is 5. The fraction of sp³-hybridized carbons (Fsp3) is 0.200. The first-order valence-electron chi connectivity index (χ1n) is 10.6. The van der Waals surface area contributed by atoms with E-state index in [4.69, 9.17) is 4.74 Å². The summed E-state index contributed by atoms with van der Waals surface area (Å²) >= 11 is 0. The average molecular weight is 444 g/mol. The number of nitrogens with one attached hydrogen (secondary N) is 1. The SMILES string of the molecule is CCC(=O)Oc1ccc(C2C3=C(O)c4ccccc4C3=[NH+]c3c2c(=O)n(C)c(=O)n3C)cc1. The van der Waals surface area contributed by atoms with Crippen LogP contribution < -0.4 is 21.0 Å². The predicted molar refractivity (Wildman–Crippen MR) is 122 cm³/mol. The molecular formula is C25H22N3O5+. The number of carbonyl (C=O) groups excluding carboxylic acids is 1. The van der Waals surface area contributed by atoms with Gasteiger partial charge >= 0.3 is 11.7 Å². The summed E-state index contributed by atoms with van der Waals surface area (Å²) in [4.78, 5) is 40.9. The molecule has 0 radical (unpaired) electrons. The van der Waals surface area contributed by atoms with Crippen LogP contribution in [0, 0.1) is 0 Å². The van der Waals surface area contributed by atoms with Gasteiger partial charge in [-0.3, -0.25) is 9.59 Å². The molecule has 8 heteroatoms. The van der Waals surface area contributed by atoms with Gasteiger partial charge in [-0.05, 0) is 23.8 Å². The van der Waals surface area contributed by atoms with Gasteiger partial charge in [0.15, 0.2) is 0 Å². The maximum Gasteiger partial charge on any atom is 0.417 e. The minimum atomic E-state index is -0.634. The zero-order valence-corrected chi connectivity index (χ0v) is 18.4. The van der Waals surface area contributed by atoms with Crippen LogP contribution in [0.1, 0.15) is 41.5 Å². The summed E-state index contributed by atoms with van der Waals surface area (Å²) in [6.45, 7) is 1.72. The number of rotatable bonds is 3. The van der Waals surface area contributed by atoms with Crippen molar-refractivity contribution >= 4 is 23.3 Å². The lowest BCUT2D eigenvalue weighted by atomic mass is 9.81. The van der Waals surface area contributed by atoms with Crippen molar-refractivity contribution in [1.29, 1.82) is 0 Å². The molecule has 5 rings (SSSR count). The number of aliphatic hydroxyl groups is 1. The van der Waals surface area contributed by atoms with E-state index >= 15 is 0 Å². The number of esters is 1. The Morgan fingerprint density at radius 1 is 1.03 bits per heavy atom. The molecule has 0 saturated carbocycles. The third-order valence-corrected chi connectivity index (χ3v) is 6.23. The maximum atomic E-state index is 13.3. The minimum Gasteiger partial charge on any atom is -0.507 e. The molecule has 0 spiro atoms. The van der Waals surface area contributed by atoms with E-state index in [9.17, 15) is 19.5 Å². The normalized spacial score (nSPS) is 16.1. The van der Waals surface area contributed by atoms with Crippen molar-refractivity contribution in [2.75, 3.05) is 0 Å². The lowest BCUT2D eigenvalue weighted by Crippen LogP contribution is -2.73. The van der Waals surface area contributed by atoms with Crippen LogP contribution in [-0.2, 0) is 18.9 Å². The highest BCUT2D eigenvalue weighted by Gasteiger charge is 2.44. The van der Waals surface area contributed by atoms with Gasteiger partial charge < -0.3 is 9.84 Å². The Morgan fingerprint density at radius 2 is 1.70 bits per heavy atom. The van der Waals surface area contributed by atoms with E-state index in [-0.39, 0.29) is 18.1 Å². The molecule has 0 fully saturated rings. The largest absolute Gasteiger partial charge is 0.507 e. The number of aromatic nitrogens is 2. The van der Waals surface area contributed by atoms with E-state index in [1.54, 1.807) is 38.2 Å². The van der Waals surface area contributed by atoms with Crippen LogP contribution in [0.25, 0.3) is 5.76 Å². The molecule has 2 aliphatic rings. The molecule has 0 bridgehead atoms. The topological polar surface area (TPSA) is 104 Å². The summed E-state index contributed by atoms with van der Waals surface area (Å²) in [5.41, 5.74) is 2.86. The second-order valence-electron chi connectivity index (χ2n) is 8.11. The van der Waals surface area contributed by atoms with Gasteiger partial charge in [0.2, 0.25) is 0 Å². The number of nitrogens with zero attached hydrogens (tertiary/aromatic N) is 2. The standard InChI is InChI=1S/C25H21N3O5/c1-4-17(29)33-14-11-9-13(10-12-14)18-19-21(15-7-5-6-8-16(15)22(19)30)26-23-20(18)24(31)28(3)25(32)27(23)2/h5-12,18,30H,4H2,1-3H3/p+1. The Labute approximate surface area is 188 Å².